The van der Waals surface area contributed by atoms with Crippen LogP contribution < -0.4 is 15.4 Å². The molecule has 3 N–H and O–H groups in total. The van der Waals surface area contributed by atoms with Gasteiger partial charge in [-0.3, -0.25) is 4.79 Å². The number of hydrogen-bond acceptors (Lipinski definition) is 6. The van der Waals surface area contributed by atoms with E-state index in [1.807, 2.05) is 19.1 Å². The third-order valence-corrected chi connectivity index (χ3v) is 6.32. The molecule has 9 heteroatoms. The summed E-state index contributed by atoms with van der Waals surface area (Å²) in [7, 11) is 1.54. The van der Waals surface area contributed by atoms with Crippen molar-refractivity contribution >= 4 is 28.3 Å². The van der Waals surface area contributed by atoms with E-state index in [0.29, 0.717) is 28.6 Å². The van der Waals surface area contributed by atoms with Crippen LogP contribution in [0.3, 0.4) is 0 Å². The number of fused-ring (bicyclic) bond motifs is 1. The predicted octanol–water partition coefficient (Wildman–Crippen LogP) is 4.05. The molecule has 0 fully saturated rings. The maximum atomic E-state index is 13.9. The lowest BCUT2D eigenvalue weighted by Crippen LogP contribution is -2.47. The topological polar surface area (TPSA) is 101 Å². The summed E-state index contributed by atoms with van der Waals surface area (Å²) in [5.41, 5.74) is 2.02. The smallest absolute Gasteiger partial charge is 0.338 e. The first-order valence-electron chi connectivity index (χ1n) is 10.00. The largest absolute Gasteiger partial charge is 0.496 e. The van der Waals surface area contributed by atoms with Gasteiger partial charge in [0.05, 0.1) is 12.7 Å². The average Bonchev–Trinajstić information content (AvgIpc) is 3.26. The molecule has 1 aliphatic rings. The molecule has 2 heterocycles. The second-order valence-electron chi connectivity index (χ2n) is 7.78. The van der Waals surface area contributed by atoms with Crippen LogP contribution in [0.2, 0.25) is 0 Å². The van der Waals surface area contributed by atoms with Crippen molar-refractivity contribution in [3.63, 3.8) is 0 Å². The monoisotopic (exact) mass is 455 g/mol. The Morgan fingerprint density at radius 2 is 2.16 bits per heavy atom. The van der Waals surface area contributed by atoms with E-state index in [1.165, 1.54) is 30.6 Å². The Hall–Kier alpha value is -3.30. The van der Waals surface area contributed by atoms with Crippen LogP contribution in [0.15, 0.2) is 41.9 Å². The van der Waals surface area contributed by atoms with Gasteiger partial charge in [-0.1, -0.05) is 6.07 Å². The van der Waals surface area contributed by atoms with E-state index in [2.05, 4.69) is 15.6 Å². The lowest BCUT2D eigenvalue weighted by molar-refractivity contribution is -0.117. The number of halogens is 1. The molecule has 2 aromatic carbocycles. The van der Waals surface area contributed by atoms with E-state index < -0.39 is 22.9 Å². The molecule has 0 saturated carbocycles. The van der Waals surface area contributed by atoms with Gasteiger partial charge in [-0.25, -0.2) is 14.2 Å². The third kappa shape index (κ3) is 4.21. The SMILES string of the molecule is COc1cc2c(cc1-c1ccc(F)c(C(=O)O)c1)C(C)(CC(=O)Nc1nccs1)NCC2. The molecule has 0 bridgehead atoms. The van der Waals surface area contributed by atoms with Gasteiger partial charge in [0.2, 0.25) is 5.91 Å². The zero-order valence-electron chi connectivity index (χ0n) is 17.6. The number of carboxylic acid groups (broad SMARTS) is 1. The van der Waals surface area contributed by atoms with Crippen LogP contribution >= 0.6 is 11.3 Å². The van der Waals surface area contributed by atoms with Gasteiger partial charge in [0, 0.05) is 35.6 Å². The number of benzene rings is 2. The van der Waals surface area contributed by atoms with Crippen LogP contribution in [0.5, 0.6) is 5.75 Å². The second kappa shape index (κ2) is 8.68. The Balaban J connectivity index is 1.75. The fraction of sp³-hybridized carbons (Fsp3) is 0.261. The number of amides is 1. The maximum absolute atomic E-state index is 13.9. The number of carboxylic acids is 1. The molecular formula is C23H22FN3O4S. The van der Waals surface area contributed by atoms with Gasteiger partial charge in [-0.05, 0) is 54.3 Å². The number of nitrogens with zero attached hydrogens (tertiary/aromatic N) is 1. The highest BCUT2D eigenvalue weighted by Crippen LogP contribution is 2.40. The molecule has 0 saturated heterocycles. The molecule has 1 amide bonds. The second-order valence-corrected chi connectivity index (χ2v) is 8.68. The van der Waals surface area contributed by atoms with Gasteiger partial charge in [0.15, 0.2) is 5.13 Å². The molecule has 1 atom stereocenters. The van der Waals surface area contributed by atoms with Crippen molar-refractivity contribution in [2.75, 3.05) is 19.0 Å². The number of methoxy groups -OCH3 is 1. The zero-order valence-corrected chi connectivity index (χ0v) is 18.4. The Bertz CT molecular complexity index is 1180. The summed E-state index contributed by atoms with van der Waals surface area (Å²) in [6.45, 7) is 2.65. The van der Waals surface area contributed by atoms with E-state index in [1.54, 1.807) is 11.6 Å². The normalized spacial score (nSPS) is 17.5. The Morgan fingerprint density at radius 1 is 1.34 bits per heavy atom. The first-order valence-corrected chi connectivity index (χ1v) is 10.9. The van der Waals surface area contributed by atoms with E-state index >= 15 is 0 Å². The molecule has 3 aromatic rings. The minimum Gasteiger partial charge on any atom is -0.496 e. The van der Waals surface area contributed by atoms with Gasteiger partial charge in [-0.2, -0.15) is 0 Å². The summed E-state index contributed by atoms with van der Waals surface area (Å²) < 4.78 is 19.5. The van der Waals surface area contributed by atoms with Crippen molar-refractivity contribution in [1.82, 2.24) is 10.3 Å². The first-order chi connectivity index (χ1) is 15.3. The Kier molecular flexibility index (Phi) is 5.94. The number of aromatic carboxylic acids is 1. The van der Waals surface area contributed by atoms with Crippen molar-refractivity contribution in [2.24, 2.45) is 0 Å². The molecule has 1 aliphatic heterocycles. The number of thiazole rings is 1. The summed E-state index contributed by atoms with van der Waals surface area (Å²) in [5, 5.41) is 17.9. The van der Waals surface area contributed by atoms with Crippen LogP contribution in [0.1, 0.15) is 34.8 Å². The number of carbonyl (C=O) groups is 2. The predicted molar refractivity (Wildman–Crippen MR) is 120 cm³/mol. The van der Waals surface area contributed by atoms with E-state index in [0.717, 1.165) is 23.6 Å². The van der Waals surface area contributed by atoms with Gasteiger partial charge in [0.25, 0.3) is 0 Å². The summed E-state index contributed by atoms with van der Waals surface area (Å²) in [6, 6.07) is 7.76. The molecule has 0 radical (unpaired) electrons. The van der Waals surface area contributed by atoms with Crippen molar-refractivity contribution in [2.45, 2.75) is 25.3 Å². The Labute approximate surface area is 188 Å². The minimum absolute atomic E-state index is 0.171. The quantitative estimate of drug-likeness (QED) is 0.519. The van der Waals surface area contributed by atoms with E-state index in [9.17, 15) is 19.1 Å². The van der Waals surface area contributed by atoms with E-state index in [4.69, 9.17) is 4.74 Å². The summed E-state index contributed by atoms with van der Waals surface area (Å²) >= 11 is 1.35. The van der Waals surface area contributed by atoms with Crippen LogP contribution in [0.4, 0.5) is 9.52 Å². The molecule has 32 heavy (non-hydrogen) atoms. The molecule has 7 nitrogen and oxygen atoms in total. The van der Waals surface area contributed by atoms with Gasteiger partial charge >= 0.3 is 5.97 Å². The van der Waals surface area contributed by atoms with Crippen LogP contribution in [0.25, 0.3) is 11.1 Å². The number of anilines is 1. The van der Waals surface area contributed by atoms with Crippen LogP contribution in [-0.4, -0.2) is 35.6 Å². The van der Waals surface area contributed by atoms with Gasteiger partial charge in [-0.15, -0.1) is 11.3 Å². The van der Waals surface area contributed by atoms with Crippen molar-refractivity contribution in [1.29, 1.82) is 0 Å². The number of ether oxygens (including phenoxy) is 1. The zero-order chi connectivity index (χ0) is 22.9. The molecule has 166 valence electrons. The fourth-order valence-electron chi connectivity index (χ4n) is 4.09. The van der Waals surface area contributed by atoms with Crippen molar-refractivity contribution < 1.29 is 23.8 Å². The molecular weight excluding hydrogens is 433 g/mol. The highest BCUT2D eigenvalue weighted by molar-refractivity contribution is 7.13. The number of carbonyl (C=O) groups excluding carboxylic acids is 1. The Morgan fingerprint density at radius 3 is 2.84 bits per heavy atom. The lowest BCUT2D eigenvalue weighted by Gasteiger charge is -2.37. The number of nitrogens with one attached hydrogen (secondary N) is 2. The maximum Gasteiger partial charge on any atom is 0.338 e. The van der Waals surface area contributed by atoms with Gasteiger partial charge < -0.3 is 20.5 Å². The van der Waals surface area contributed by atoms with Crippen molar-refractivity contribution in [3.8, 4) is 16.9 Å². The molecule has 4 rings (SSSR count). The average molecular weight is 456 g/mol. The first kappa shape index (κ1) is 21.9. The van der Waals surface area contributed by atoms with Crippen molar-refractivity contribution in [3.05, 3.63) is 64.4 Å². The summed E-state index contributed by atoms with van der Waals surface area (Å²) in [6.07, 6.45) is 2.55. The molecule has 1 aromatic heterocycles. The van der Waals surface area contributed by atoms with E-state index in [-0.39, 0.29) is 12.3 Å². The fourth-order valence-corrected chi connectivity index (χ4v) is 4.63. The molecule has 0 spiro atoms. The molecule has 0 aliphatic carbocycles. The third-order valence-electron chi connectivity index (χ3n) is 5.63. The molecule has 1 unspecified atom stereocenters. The number of rotatable bonds is 6. The highest BCUT2D eigenvalue weighted by atomic mass is 32.1. The number of aromatic nitrogens is 1. The van der Waals surface area contributed by atoms with Crippen LogP contribution in [0, 0.1) is 5.82 Å². The van der Waals surface area contributed by atoms with Gasteiger partial charge in [0.1, 0.15) is 11.6 Å². The highest BCUT2D eigenvalue weighted by Gasteiger charge is 2.35. The van der Waals surface area contributed by atoms with Crippen LogP contribution in [-0.2, 0) is 16.8 Å². The summed E-state index contributed by atoms with van der Waals surface area (Å²) in [4.78, 5) is 28.2. The summed E-state index contributed by atoms with van der Waals surface area (Å²) in [5.74, 6) is -1.76. The lowest BCUT2D eigenvalue weighted by atomic mass is 9.79. The number of hydrogen-bond donors (Lipinski definition) is 3. The standard InChI is InChI=1S/C23H22FN3O4S/c1-23(12-20(28)27-22-25-7-8-32-22)17-11-15(19(31-2)10-14(17)5-6-26-23)13-3-4-18(24)16(9-13)21(29)30/h3-4,7-11,26H,5-6,12H2,1-2H3,(H,29,30)(H,25,27,28). The minimum atomic E-state index is -1.34.